The molecule has 0 aromatic carbocycles. The van der Waals surface area contributed by atoms with E-state index in [0.717, 1.165) is 29.6 Å². The first-order valence-corrected chi connectivity index (χ1v) is 8.49. The molecule has 0 N–H and O–H groups in total. The minimum atomic E-state index is 0.886. The third kappa shape index (κ3) is 6.25. The van der Waals surface area contributed by atoms with Gasteiger partial charge in [-0.2, -0.15) is 0 Å². The molecule has 4 atom stereocenters. The Morgan fingerprint density at radius 1 is 0.944 bits per heavy atom. The van der Waals surface area contributed by atoms with Gasteiger partial charge >= 0.3 is 0 Å². The molecule has 1 fully saturated rings. The Hall–Kier alpha value is 0. The molecule has 1 rings (SSSR count). The summed E-state index contributed by atoms with van der Waals surface area (Å²) in [5, 5.41) is 0. The zero-order valence-electron chi connectivity index (χ0n) is 13.5. The zero-order valence-corrected chi connectivity index (χ0v) is 13.5. The van der Waals surface area contributed by atoms with Crippen LogP contribution in [0.1, 0.15) is 86.0 Å². The van der Waals surface area contributed by atoms with Gasteiger partial charge < -0.3 is 0 Å². The molecule has 0 heteroatoms. The van der Waals surface area contributed by atoms with Crippen molar-refractivity contribution in [1.82, 2.24) is 0 Å². The van der Waals surface area contributed by atoms with E-state index >= 15 is 0 Å². The Morgan fingerprint density at radius 2 is 1.67 bits per heavy atom. The highest BCUT2D eigenvalue weighted by molar-refractivity contribution is 4.76. The van der Waals surface area contributed by atoms with Crippen molar-refractivity contribution in [3.63, 3.8) is 0 Å². The van der Waals surface area contributed by atoms with Gasteiger partial charge in [0.2, 0.25) is 0 Å². The molecular formula is C18H36. The minimum absolute atomic E-state index is 0.886. The van der Waals surface area contributed by atoms with E-state index in [4.69, 9.17) is 0 Å². The Balaban J connectivity index is 2.14. The molecule has 0 aliphatic heterocycles. The van der Waals surface area contributed by atoms with Gasteiger partial charge in [0.15, 0.2) is 0 Å². The highest BCUT2D eigenvalue weighted by Crippen LogP contribution is 2.37. The van der Waals surface area contributed by atoms with Crippen molar-refractivity contribution in [2.45, 2.75) is 86.0 Å². The summed E-state index contributed by atoms with van der Waals surface area (Å²) in [6, 6.07) is 0. The van der Waals surface area contributed by atoms with Gasteiger partial charge in [0, 0.05) is 0 Å². The second kappa shape index (κ2) is 8.23. The fourth-order valence-electron chi connectivity index (χ4n) is 3.57. The quantitative estimate of drug-likeness (QED) is 0.498. The first-order chi connectivity index (χ1) is 8.49. The summed E-state index contributed by atoms with van der Waals surface area (Å²) >= 11 is 0. The lowest BCUT2D eigenvalue weighted by Crippen LogP contribution is -2.22. The minimum Gasteiger partial charge on any atom is -0.0628 e. The van der Waals surface area contributed by atoms with E-state index in [0.29, 0.717) is 0 Å². The van der Waals surface area contributed by atoms with Crippen molar-refractivity contribution >= 4 is 0 Å². The third-order valence-corrected chi connectivity index (χ3v) is 5.13. The molecule has 0 aromatic heterocycles. The van der Waals surface area contributed by atoms with Gasteiger partial charge in [0.1, 0.15) is 0 Å². The fraction of sp³-hybridized carbons (Fsp3) is 1.00. The molecule has 1 aliphatic rings. The highest BCUT2D eigenvalue weighted by atomic mass is 14.3. The average Bonchev–Trinajstić information content (AvgIpc) is 2.30. The van der Waals surface area contributed by atoms with Crippen molar-refractivity contribution in [3.8, 4) is 0 Å². The van der Waals surface area contributed by atoms with Crippen LogP contribution in [0, 0.1) is 29.6 Å². The van der Waals surface area contributed by atoms with Crippen LogP contribution in [0.5, 0.6) is 0 Å². The average molecular weight is 252 g/mol. The molecular weight excluding hydrogens is 216 g/mol. The molecule has 0 spiro atoms. The lowest BCUT2D eigenvalue weighted by Gasteiger charge is -2.33. The summed E-state index contributed by atoms with van der Waals surface area (Å²) in [6.45, 7) is 12.1. The van der Waals surface area contributed by atoms with Crippen LogP contribution >= 0.6 is 0 Å². The summed E-state index contributed by atoms with van der Waals surface area (Å²) in [4.78, 5) is 0. The maximum absolute atomic E-state index is 2.49. The molecule has 0 saturated heterocycles. The first kappa shape index (κ1) is 16.1. The molecule has 108 valence electrons. The maximum atomic E-state index is 2.49. The summed E-state index contributed by atoms with van der Waals surface area (Å²) < 4.78 is 0. The van der Waals surface area contributed by atoms with Crippen molar-refractivity contribution in [1.29, 1.82) is 0 Å². The number of rotatable bonds is 7. The van der Waals surface area contributed by atoms with E-state index in [-0.39, 0.29) is 0 Å². The van der Waals surface area contributed by atoms with Gasteiger partial charge in [-0.25, -0.2) is 0 Å². The Kier molecular flexibility index (Phi) is 7.34. The van der Waals surface area contributed by atoms with Crippen molar-refractivity contribution in [2.75, 3.05) is 0 Å². The Bertz CT molecular complexity index is 206. The number of hydrogen-bond donors (Lipinski definition) is 0. The lowest BCUT2D eigenvalue weighted by atomic mass is 9.73. The monoisotopic (exact) mass is 252 g/mol. The molecule has 0 nitrogen and oxygen atoms in total. The largest absolute Gasteiger partial charge is 0.0628 e. The molecule has 0 heterocycles. The Labute approximate surface area is 116 Å². The van der Waals surface area contributed by atoms with Crippen molar-refractivity contribution in [3.05, 3.63) is 0 Å². The standard InChI is InChI=1S/C18H36/c1-14(2)7-6-8-15(3)10-12-18-13-16(4)9-11-17(18)5/h14-18H,6-13H2,1-5H3/t15-,16+,17+,18+/m0/s1. The molecule has 1 aliphatic carbocycles. The zero-order chi connectivity index (χ0) is 13.5. The van der Waals surface area contributed by atoms with E-state index in [2.05, 4.69) is 34.6 Å². The van der Waals surface area contributed by atoms with E-state index in [1.165, 1.54) is 51.4 Å². The molecule has 0 aromatic rings. The van der Waals surface area contributed by atoms with Gasteiger partial charge in [-0.1, -0.05) is 73.1 Å². The highest BCUT2D eigenvalue weighted by Gasteiger charge is 2.25. The summed E-state index contributed by atoms with van der Waals surface area (Å²) in [5.41, 5.74) is 0. The summed E-state index contributed by atoms with van der Waals surface area (Å²) in [6.07, 6.45) is 11.7. The van der Waals surface area contributed by atoms with Crippen LogP contribution in [0.25, 0.3) is 0 Å². The van der Waals surface area contributed by atoms with Crippen LogP contribution in [0.3, 0.4) is 0 Å². The van der Waals surface area contributed by atoms with Gasteiger partial charge in [-0.3, -0.25) is 0 Å². The van der Waals surface area contributed by atoms with Gasteiger partial charge in [0.25, 0.3) is 0 Å². The SMILES string of the molecule is CC(C)CCC[C@H](C)CC[C@@H]1C[C@H](C)CC[C@H]1C. The molecule has 1 saturated carbocycles. The lowest BCUT2D eigenvalue weighted by molar-refractivity contribution is 0.182. The van der Waals surface area contributed by atoms with Crippen LogP contribution in [-0.4, -0.2) is 0 Å². The summed E-state index contributed by atoms with van der Waals surface area (Å²) in [5.74, 6) is 4.84. The number of hydrogen-bond acceptors (Lipinski definition) is 0. The normalized spacial score (nSPS) is 30.7. The maximum Gasteiger partial charge on any atom is -0.0386 e. The molecule has 0 unspecified atom stereocenters. The van der Waals surface area contributed by atoms with E-state index in [1.54, 1.807) is 0 Å². The van der Waals surface area contributed by atoms with Gasteiger partial charge in [-0.05, 0) is 42.4 Å². The van der Waals surface area contributed by atoms with Gasteiger partial charge in [0.05, 0.1) is 0 Å². The van der Waals surface area contributed by atoms with Crippen LogP contribution in [0.15, 0.2) is 0 Å². The second-order valence-corrected chi connectivity index (χ2v) is 7.66. The van der Waals surface area contributed by atoms with Crippen LogP contribution in [0.4, 0.5) is 0 Å². The van der Waals surface area contributed by atoms with E-state index in [9.17, 15) is 0 Å². The second-order valence-electron chi connectivity index (χ2n) is 7.66. The van der Waals surface area contributed by atoms with Crippen LogP contribution < -0.4 is 0 Å². The first-order valence-electron chi connectivity index (χ1n) is 8.49. The van der Waals surface area contributed by atoms with Crippen LogP contribution in [0.2, 0.25) is 0 Å². The smallest absolute Gasteiger partial charge is 0.0386 e. The molecule has 0 radical (unpaired) electrons. The molecule has 0 bridgehead atoms. The topological polar surface area (TPSA) is 0 Å². The van der Waals surface area contributed by atoms with Crippen LogP contribution in [-0.2, 0) is 0 Å². The van der Waals surface area contributed by atoms with Gasteiger partial charge in [-0.15, -0.1) is 0 Å². The van der Waals surface area contributed by atoms with Crippen molar-refractivity contribution < 1.29 is 0 Å². The van der Waals surface area contributed by atoms with Crippen molar-refractivity contribution in [2.24, 2.45) is 29.6 Å². The fourth-order valence-corrected chi connectivity index (χ4v) is 3.57. The third-order valence-electron chi connectivity index (χ3n) is 5.13. The van der Waals surface area contributed by atoms with E-state index in [1.807, 2.05) is 0 Å². The predicted octanol–water partition coefficient (Wildman–Crippen LogP) is 6.30. The summed E-state index contributed by atoms with van der Waals surface area (Å²) in [7, 11) is 0. The Morgan fingerprint density at radius 3 is 2.33 bits per heavy atom. The van der Waals surface area contributed by atoms with E-state index < -0.39 is 0 Å². The molecule has 18 heavy (non-hydrogen) atoms. The predicted molar refractivity (Wildman–Crippen MR) is 82.8 cm³/mol. The molecule has 0 amide bonds.